The highest BCUT2D eigenvalue weighted by Crippen LogP contribution is 2.48. The van der Waals surface area contributed by atoms with Crippen LogP contribution in [0, 0.1) is 5.41 Å². The molecule has 1 aliphatic carbocycles. The molecule has 2 amide bonds. The number of nitrogens with zero attached hydrogens (tertiary/aromatic N) is 1. The van der Waals surface area contributed by atoms with Crippen LogP contribution in [0.5, 0.6) is 0 Å². The second-order valence-corrected chi connectivity index (χ2v) is 6.73. The Morgan fingerprint density at radius 1 is 1.08 bits per heavy atom. The molecule has 0 radical (unpaired) electrons. The first-order valence-electron chi connectivity index (χ1n) is 8.46. The highest BCUT2D eigenvalue weighted by molar-refractivity contribution is 6.34. The molecule has 3 rings (SSSR count). The fourth-order valence-corrected chi connectivity index (χ4v) is 3.08. The summed E-state index contributed by atoms with van der Waals surface area (Å²) in [5, 5.41) is 3.29. The zero-order chi connectivity index (χ0) is 17.9. The molecule has 1 fully saturated rings. The Labute approximate surface area is 152 Å². The van der Waals surface area contributed by atoms with Gasteiger partial charge in [-0.2, -0.15) is 0 Å². The van der Waals surface area contributed by atoms with Gasteiger partial charge in [-0.3, -0.25) is 9.59 Å². The van der Waals surface area contributed by atoms with Crippen molar-refractivity contribution in [2.24, 2.45) is 5.41 Å². The van der Waals surface area contributed by atoms with Crippen molar-refractivity contribution in [3.8, 4) is 0 Å². The normalized spacial score (nSPS) is 14.6. The number of rotatable bonds is 6. The third-order valence-corrected chi connectivity index (χ3v) is 4.93. The summed E-state index contributed by atoms with van der Waals surface area (Å²) in [5.41, 5.74) is 0.642. The van der Waals surface area contributed by atoms with Crippen LogP contribution in [0.3, 0.4) is 0 Å². The monoisotopic (exact) mass is 356 g/mol. The van der Waals surface area contributed by atoms with Crippen molar-refractivity contribution in [3.05, 3.63) is 65.2 Å². The van der Waals surface area contributed by atoms with Gasteiger partial charge < -0.3 is 10.2 Å². The molecule has 2 aromatic carbocycles. The topological polar surface area (TPSA) is 49.4 Å². The van der Waals surface area contributed by atoms with Crippen LogP contribution in [0.2, 0.25) is 5.02 Å². The van der Waals surface area contributed by atoms with Crippen LogP contribution in [-0.2, 0) is 16.1 Å². The highest BCUT2D eigenvalue weighted by atomic mass is 35.5. The molecule has 2 aromatic rings. The van der Waals surface area contributed by atoms with E-state index in [-0.39, 0.29) is 11.8 Å². The molecule has 4 nitrogen and oxygen atoms in total. The number of amides is 2. The van der Waals surface area contributed by atoms with Gasteiger partial charge in [0.05, 0.1) is 10.7 Å². The summed E-state index contributed by atoms with van der Waals surface area (Å²) >= 11 is 6.11. The summed E-state index contributed by atoms with van der Waals surface area (Å²) in [6, 6.07) is 16.9. The molecule has 130 valence electrons. The van der Waals surface area contributed by atoms with Crippen molar-refractivity contribution >= 4 is 29.1 Å². The average Bonchev–Trinajstić information content (AvgIpc) is 3.44. The second kappa shape index (κ2) is 7.28. The van der Waals surface area contributed by atoms with E-state index < -0.39 is 5.41 Å². The number of anilines is 1. The largest absolute Gasteiger partial charge is 0.338 e. The predicted molar refractivity (Wildman–Crippen MR) is 99.3 cm³/mol. The fraction of sp³-hybridized carbons (Fsp3) is 0.300. The number of halogens is 1. The van der Waals surface area contributed by atoms with Crippen LogP contribution in [0.1, 0.15) is 25.3 Å². The van der Waals surface area contributed by atoms with Crippen molar-refractivity contribution in [1.29, 1.82) is 0 Å². The maximum Gasteiger partial charge on any atom is 0.240 e. The van der Waals surface area contributed by atoms with Crippen molar-refractivity contribution < 1.29 is 9.59 Å². The van der Waals surface area contributed by atoms with Crippen LogP contribution in [0.15, 0.2) is 54.6 Å². The van der Waals surface area contributed by atoms with Gasteiger partial charge in [0, 0.05) is 13.1 Å². The van der Waals surface area contributed by atoms with Crippen LogP contribution < -0.4 is 5.32 Å². The van der Waals surface area contributed by atoms with Crippen LogP contribution in [0.4, 0.5) is 5.69 Å². The zero-order valence-corrected chi connectivity index (χ0v) is 14.9. The van der Waals surface area contributed by atoms with Gasteiger partial charge >= 0.3 is 0 Å². The Bertz CT molecular complexity index is 772. The van der Waals surface area contributed by atoms with Gasteiger partial charge in [-0.25, -0.2) is 0 Å². The van der Waals surface area contributed by atoms with Crippen molar-refractivity contribution in [2.75, 3.05) is 11.9 Å². The molecule has 0 aromatic heterocycles. The Hall–Kier alpha value is -2.33. The summed E-state index contributed by atoms with van der Waals surface area (Å²) in [6.45, 7) is 3.01. The highest BCUT2D eigenvalue weighted by Gasteiger charge is 2.57. The van der Waals surface area contributed by atoms with Gasteiger partial charge in [-0.15, -0.1) is 0 Å². The lowest BCUT2D eigenvalue weighted by Crippen LogP contribution is -2.42. The summed E-state index contributed by atoms with van der Waals surface area (Å²) in [4.78, 5) is 27.5. The molecule has 25 heavy (non-hydrogen) atoms. The first-order chi connectivity index (χ1) is 12.1. The lowest BCUT2D eigenvalue weighted by atomic mass is 10.0. The summed E-state index contributed by atoms with van der Waals surface area (Å²) in [6.07, 6.45) is 1.15. The molecular formula is C20H21ClN2O2. The number of nitrogens with one attached hydrogen (secondary N) is 1. The molecular weight excluding hydrogens is 336 g/mol. The van der Waals surface area contributed by atoms with E-state index >= 15 is 0 Å². The number of para-hydroxylation sites is 1. The maximum atomic E-state index is 13.0. The standard InChI is InChI=1S/C20H21ClN2O2/c1-2-23(14-15-8-4-3-5-9-15)19(25)20(12-13-20)18(24)22-17-11-7-6-10-16(17)21/h3-11H,2,12-14H2,1H3,(H,22,24). The number of carbonyl (C=O) groups is 2. The third kappa shape index (κ3) is 3.69. The van der Waals surface area contributed by atoms with Crippen molar-refractivity contribution in [2.45, 2.75) is 26.3 Å². The Balaban J connectivity index is 1.73. The Morgan fingerprint density at radius 2 is 1.72 bits per heavy atom. The molecule has 0 spiro atoms. The molecule has 0 unspecified atom stereocenters. The third-order valence-electron chi connectivity index (χ3n) is 4.60. The predicted octanol–water partition coefficient (Wildman–Crippen LogP) is 4.11. The second-order valence-electron chi connectivity index (χ2n) is 6.32. The summed E-state index contributed by atoms with van der Waals surface area (Å²) in [5.74, 6) is -0.375. The molecule has 5 heteroatoms. The smallest absolute Gasteiger partial charge is 0.240 e. The molecule has 1 N–H and O–H groups in total. The fourth-order valence-electron chi connectivity index (χ4n) is 2.90. The SMILES string of the molecule is CCN(Cc1ccccc1)C(=O)C1(C(=O)Nc2ccccc2Cl)CC1. The van der Waals surface area contributed by atoms with Gasteiger partial charge in [0.15, 0.2) is 0 Å². The van der Waals surface area contributed by atoms with E-state index in [1.807, 2.05) is 37.3 Å². The minimum atomic E-state index is -0.954. The van der Waals surface area contributed by atoms with E-state index in [0.717, 1.165) is 5.56 Å². The van der Waals surface area contributed by atoms with Crippen LogP contribution >= 0.6 is 11.6 Å². The van der Waals surface area contributed by atoms with Crippen LogP contribution in [-0.4, -0.2) is 23.3 Å². The summed E-state index contributed by atoms with van der Waals surface area (Å²) < 4.78 is 0. The molecule has 1 saturated carbocycles. The van der Waals surface area contributed by atoms with E-state index in [0.29, 0.717) is 36.6 Å². The Morgan fingerprint density at radius 3 is 2.32 bits per heavy atom. The van der Waals surface area contributed by atoms with Crippen molar-refractivity contribution in [1.82, 2.24) is 4.90 Å². The lowest BCUT2D eigenvalue weighted by molar-refractivity contribution is -0.142. The van der Waals surface area contributed by atoms with E-state index in [4.69, 9.17) is 11.6 Å². The molecule has 0 aliphatic heterocycles. The number of benzene rings is 2. The Kier molecular flexibility index (Phi) is 5.09. The van der Waals surface area contributed by atoms with E-state index in [1.165, 1.54) is 0 Å². The van der Waals surface area contributed by atoms with Gasteiger partial charge in [-0.1, -0.05) is 54.1 Å². The van der Waals surface area contributed by atoms with Gasteiger partial charge in [0.25, 0.3) is 0 Å². The molecule has 0 bridgehead atoms. The minimum Gasteiger partial charge on any atom is -0.338 e. The molecule has 0 saturated heterocycles. The quantitative estimate of drug-likeness (QED) is 0.792. The first-order valence-corrected chi connectivity index (χ1v) is 8.84. The molecule has 0 atom stereocenters. The van der Waals surface area contributed by atoms with E-state index in [2.05, 4.69) is 5.32 Å². The maximum absolute atomic E-state index is 13.0. The van der Waals surface area contributed by atoms with E-state index in [1.54, 1.807) is 29.2 Å². The summed E-state index contributed by atoms with van der Waals surface area (Å²) in [7, 11) is 0. The number of hydrogen-bond donors (Lipinski definition) is 1. The van der Waals surface area contributed by atoms with Gasteiger partial charge in [0.1, 0.15) is 5.41 Å². The molecule has 1 aliphatic rings. The van der Waals surface area contributed by atoms with Gasteiger partial charge in [-0.05, 0) is 37.5 Å². The lowest BCUT2D eigenvalue weighted by Gasteiger charge is -2.26. The van der Waals surface area contributed by atoms with Crippen molar-refractivity contribution in [3.63, 3.8) is 0 Å². The average molecular weight is 357 g/mol. The zero-order valence-electron chi connectivity index (χ0n) is 14.2. The van der Waals surface area contributed by atoms with Gasteiger partial charge in [0.2, 0.25) is 11.8 Å². The van der Waals surface area contributed by atoms with E-state index in [9.17, 15) is 9.59 Å². The number of hydrogen-bond acceptors (Lipinski definition) is 2. The first kappa shape index (κ1) is 17.5. The molecule has 0 heterocycles. The minimum absolute atomic E-state index is 0.108. The van der Waals surface area contributed by atoms with Crippen LogP contribution in [0.25, 0.3) is 0 Å². The number of carbonyl (C=O) groups excluding carboxylic acids is 2.